The molecule has 1 amide bonds. The topological polar surface area (TPSA) is 38.1 Å². The van der Waals surface area contributed by atoms with Gasteiger partial charge in [-0.05, 0) is 30.9 Å². The third-order valence-corrected chi connectivity index (χ3v) is 5.06. The lowest BCUT2D eigenvalue weighted by Gasteiger charge is -2.29. The van der Waals surface area contributed by atoms with Gasteiger partial charge in [-0.2, -0.15) is 18.3 Å². The van der Waals surface area contributed by atoms with Crippen molar-refractivity contribution in [2.75, 3.05) is 6.54 Å². The molecule has 0 aliphatic heterocycles. The standard InChI is InChI=1S/C20H24F3N3O/c21-20(22,23)18-12-13-25(24-18)14-15-26(17-8-4-5-9-17)19(27)11-10-16-6-2-1-3-7-16/h1-3,6-7,12-13,17H,4-5,8-11,14-15H2. The molecule has 3 rings (SSSR count). The highest BCUT2D eigenvalue weighted by molar-refractivity contribution is 5.76. The molecule has 146 valence electrons. The first-order valence-electron chi connectivity index (χ1n) is 9.37. The first kappa shape index (κ1) is 19.5. The Kier molecular flexibility index (Phi) is 6.19. The van der Waals surface area contributed by atoms with Crippen LogP contribution in [0, 0.1) is 0 Å². The molecule has 1 aromatic heterocycles. The lowest BCUT2D eigenvalue weighted by Crippen LogP contribution is -2.41. The highest BCUT2D eigenvalue weighted by Gasteiger charge is 2.33. The quantitative estimate of drug-likeness (QED) is 0.719. The second kappa shape index (κ2) is 8.59. The Bertz CT molecular complexity index is 736. The number of benzene rings is 1. The van der Waals surface area contributed by atoms with Crippen LogP contribution in [0.15, 0.2) is 42.6 Å². The summed E-state index contributed by atoms with van der Waals surface area (Å²) in [5.74, 6) is 0.0638. The fraction of sp³-hybridized carbons (Fsp3) is 0.500. The number of hydrogen-bond donors (Lipinski definition) is 0. The van der Waals surface area contributed by atoms with Gasteiger partial charge in [0.05, 0.1) is 6.54 Å². The largest absolute Gasteiger partial charge is 0.435 e. The number of aromatic nitrogens is 2. The van der Waals surface area contributed by atoms with E-state index in [2.05, 4.69) is 5.10 Å². The van der Waals surface area contributed by atoms with E-state index in [1.54, 1.807) is 0 Å². The van der Waals surface area contributed by atoms with Crippen LogP contribution in [0.1, 0.15) is 43.4 Å². The van der Waals surface area contributed by atoms with Crippen LogP contribution in [-0.2, 0) is 23.9 Å². The van der Waals surface area contributed by atoms with E-state index in [1.165, 1.54) is 10.9 Å². The number of carbonyl (C=O) groups excluding carboxylic acids is 1. The van der Waals surface area contributed by atoms with Crippen molar-refractivity contribution in [1.82, 2.24) is 14.7 Å². The molecule has 0 unspecified atom stereocenters. The monoisotopic (exact) mass is 379 g/mol. The molecule has 0 spiro atoms. The third kappa shape index (κ3) is 5.34. The Hall–Kier alpha value is -2.31. The Morgan fingerprint density at radius 1 is 1.15 bits per heavy atom. The number of hydrogen-bond acceptors (Lipinski definition) is 2. The molecule has 0 N–H and O–H groups in total. The van der Waals surface area contributed by atoms with Gasteiger partial charge in [-0.3, -0.25) is 9.48 Å². The van der Waals surface area contributed by atoms with Crippen molar-refractivity contribution < 1.29 is 18.0 Å². The highest BCUT2D eigenvalue weighted by atomic mass is 19.4. The Labute approximate surface area is 157 Å². The SMILES string of the molecule is O=C(CCc1ccccc1)N(CCn1ccc(C(F)(F)F)n1)C1CCCC1. The van der Waals surface area contributed by atoms with Gasteiger partial charge in [-0.25, -0.2) is 0 Å². The molecular formula is C20H24F3N3O. The van der Waals surface area contributed by atoms with Crippen LogP contribution in [0.3, 0.4) is 0 Å². The zero-order chi connectivity index (χ0) is 19.3. The van der Waals surface area contributed by atoms with Crippen LogP contribution < -0.4 is 0 Å². The summed E-state index contributed by atoms with van der Waals surface area (Å²) in [6.45, 7) is 0.654. The average Bonchev–Trinajstić information content (AvgIpc) is 3.33. The Morgan fingerprint density at radius 2 is 1.85 bits per heavy atom. The summed E-state index contributed by atoms with van der Waals surface area (Å²) in [7, 11) is 0. The maximum absolute atomic E-state index is 12.8. The van der Waals surface area contributed by atoms with Crippen LogP contribution in [0.5, 0.6) is 0 Å². The molecule has 0 radical (unpaired) electrons. The number of carbonyl (C=O) groups is 1. The number of aryl methyl sites for hydroxylation is 1. The van der Waals surface area contributed by atoms with E-state index in [-0.39, 0.29) is 18.5 Å². The van der Waals surface area contributed by atoms with E-state index in [1.807, 2.05) is 35.2 Å². The number of nitrogens with zero attached hydrogens (tertiary/aromatic N) is 3. The Morgan fingerprint density at radius 3 is 2.48 bits per heavy atom. The Balaban J connectivity index is 1.61. The van der Waals surface area contributed by atoms with Gasteiger partial charge in [0.1, 0.15) is 0 Å². The van der Waals surface area contributed by atoms with Crippen LogP contribution in [0.2, 0.25) is 0 Å². The molecule has 0 bridgehead atoms. The number of rotatable bonds is 7. The fourth-order valence-electron chi connectivity index (χ4n) is 3.61. The van der Waals surface area contributed by atoms with Gasteiger partial charge >= 0.3 is 6.18 Å². The summed E-state index contributed by atoms with van der Waals surface area (Å²) in [4.78, 5) is 14.7. The van der Waals surface area contributed by atoms with Crippen molar-refractivity contribution in [3.8, 4) is 0 Å². The summed E-state index contributed by atoms with van der Waals surface area (Å²) in [5.41, 5.74) is 0.212. The predicted octanol–water partition coefficient (Wildman–Crippen LogP) is 4.31. The zero-order valence-electron chi connectivity index (χ0n) is 15.2. The first-order chi connectivity index (χ1) is 12.9. The van der Waals surface area contributed by atoms with Crippen LogP contribution in [0.4, 0.5) is 13.2 Å². The molecule has 0 atom stereocenters. The van der Waals surface area contributed by atoms with E-state index in [9.17, 15) is 18.0 Å². The molecule has 1 heterocycles. The molecule has 1 saturated carbocycles. The van der Waals surface area contributed by atoms with Crippen molar-refractivity contribution >= 4 is 5.91 Å². The van der Waals surface area contributed by atoms with E-state index < -0.39 is 11.9 Å². The zero-order valence-corrected chi connectivity index (χ0v) is 15.2. The third-order valence-electron chi connectivity index (χ3n) is 5.06. The molecule has 0 saturated heterocycles. The van der Waals surface area contributed by atoms with Crippen molar-refractivity contribution in [1.29, 1.82) is 0 Å². The van der Waals surface area contributed by atoms with E-state index in [0.29, 0.717) is 19.4 Å². The molecule has 27 heavy (non-hydrogen) atoms. The minimum Gasteiger partial charge on any atom is -0.338 e. The van der Waals surface area contributed by atoms with Crippen molar-refractivity contribution in [3.63, 3.8) is 0 Å². The number of halogens is 3. The van der Waals surface area contributed by atoms with Gasteiger partial charge < -0.3 is 4.90 Å². The maximum Gasteiger partial charge on any atom is 0.435 e. The van der Waals surface area contributed by atoms with Crippen LogP contribution in [-0.4, -0.2) is 33.2 Å². The molecule has 7 heteroatoms. The summed E-state index contributed by atoms with van der Waals surface area (Å²) in [5, 5.41) is 3.59. The molecule has 4 nitrogen and oxygen atoms in total. The second-order valence-electron chi connectivity index (χ2n) is 6.97. The molecule has 1 aromatic carbocycles. The summed E-state index contributed by atoms with van der Waals surface area (Å²) in [6, 6.07) is 11.0. The minimum absolute atomic E-state index is 0.0638. The average molecular weight is 379 g/mol. The normalized spacial score (nSPS) is 15.2. The molecular weight excluding hydrogens is 355 g/mol. The van der Waals surface area contributed by atoms with Gasteiger partial charge in [0.15, 0.2) is 5.69 Å². The summed E-state index contributed by atoms with van der Waals surface area (Å²) in [6.07, 6.45) is 2.07. The molecule has 1 fully saturated rings. The maximum atomic E-state index is 12.8. The van der Waals surface area contributed by atoms with E-state index in [0.717, 1.165) is 37.3 Å². The predicted molar refractivity (Wildman–Crippen MR) is 96.0 cm³/mol. The van der Waals surface area contributed by atoms with Crippen LogP contribution >= 0.6 is 0 Å². The number of amides is 1. The van der Waals surface area contributed by atoms with Crippen LogP contribution in [0.25, 0.3) is 0 Å². The second-order valence-corrected chi connectivity index (χ2v) is 6.97. The van der Waals surface area contributed by atoms with Gasteiger partial charge in [0.2, 0.25) is 5.91 Å². The van der Waals surface area contributed by atoms with Gasteiger partial charge in [-0.15, -0.1) is 0 Å². The van der Waals surface area contributed by atoms with Gasteiger partial charge in [0.25, 0.3) is 0 Å². The van der Waals surface area contributed by atoms with Gasteiger partial charge in [0, 0.05) is 25.2 Å². The fourth-order valence-corrected chi connectivity index (χ4v) is 3.61. The molecule has 1 aliphatic rings. The summed E-state index contributed by atoms with van der Waals surface area (Å²) < 4.78 is 39.4. The lowest BCUT2D eigenvalue weighted by molar-refractivity contribution is -0.141. The van der Waals surface area contributed by atoms with E-state index >= 15 is 0 Å². The van der Waals surface area contributed by atoms with Crippen molar-refractivity contribution in [2.24, 2.45) is 0 Å². The molecule has 2 aromatic rings. The lowest BCUT2D eigenvalue weighted by atomic mass is 10.1. The highest BCUT2D eigenvalue weighted by Crippen LogP contribution is 2.27. The first-order valence-corrected chi connectivity index (χ1v) is 9.37. The van der Waals surface area contributed by atoms with Crippen molar-refractivity contribution in [2.45, 2.75) is 57.3 Å². The van der Waals surface area contributed by atoms with Gasteiger partial charge in [-0.1, -0.05) is 43.2 Å². The minimum atomic E-state index is -4.44. The van der Waals surface area contributed by atoms with E-state index in [4.69, 9.17) is 0 Å². The smallest absolute Gasteiger partial charge is 0.338 e. The molecule has 1 aliphatic carbocycles. The van der Waals surface area contributed by atoms with Crippen molar-refractivity contribution in [3.05, 3.63) is 53.9 Å². The summed E-state index contributed by atoms with van der Waals surface area (Å²) >= 11 is 0. The number of alkyl halides is 3.